The molecule has 0 spiro atoms. The van der Waals surface area contributed by atoms with Crippen LogP contribution in [0.25, 0.3) is 71.6 Å². The summed E-state index contributed by atoms with van der Waals surface area (Å²) in [4.78, 5) is 5.05. The van der Waals surface area contributed by atoms with Crippen LogP contribution >= 0.6 is 0 Å². The van der Waals surface area contributed by atoms with E-state index in [0.29, 0.717) is 0 Å². The second-order valence-electron chi connectivity index (χ2n) is 13.8. The van der Waals surface area contributed by atoms with Crippen LogP contribution in [0, 0.1) is 0 Å². The average molecular weight is 614 g/mol. The Hall–Kier alpha value is -5.25. The summed E-state index contributed by atoms with van der Waals surface area (Å²) in [5.41, 5.74) is 10.2. The topological polar surface area (TPSA) is 38.1 Å². The van der Waals surface area contributed by atoms with Gasteiger partial charge in [0, 0.05) is 5.69 Å². The van der Waals surface area contributed by atoms with Crippen LogP contribution in [0.3, 0.4) is 0 Å². The van der Waals surface area contributed by atoms with E-state index in [0.717, 1.165) is 28.1 Å². The van der Waals surface area contributed by atoms with Gasteiger partial charge in [-0.25, -0.2) is 4.98 Å². The molecule has 0 bridgehead atoms. The van der Waals surface area contributed by atoms with Crippen molar-refractivity contribution in [2.24, 2.45) is 0 Å². The smallest absolute Gasteiger partial charge is 0.131 e. The van der Waals surface area contributed by atoms with Crippen molar-refractivity contribution in [3.8, 4) is 39.1 Å². The molecule has 7 aromatic carbocycles. The molecule has 1 N–H and O–H groups in total. The lowest BCUT2D eigenvalue weighted by Crippen LogP contribution is -2.55. The van der Waals surface area contributed by atoms with Crippen LogP contribution in [0.1, 0.15) is 5.82 Å². The fraction of sp³-hybridized carbons (Fsp3) is 0.0488. The van der Waals surface area contributed by atoms with E-state index in [4.69, 9.17) is 4.98 Å². The van der Waals surface area contributed by atoms with Gasteiger partial charge in [0.1, 0.15) is 37.2 Å². The van der Waals surface area contributed by atoms with Gasteiger partial charge in [0.15, 0.2) is 0 Å². The van der Waals surface area contributed by atoms with E-state index in [1.165, 1.54) is 49.4 Å². The molecule has 0 saturated heterocycles. The number of hydrogen-bond donors (Lipinski definition) is 1. The molecule has 226 valence electrons. The Kier molecular flexibility index (Phi) is 7.19. The summed E-state index contributed by atoms with van der Waals surface area (Å²) in [6, 6.07) is 54.1. The zero-order valence-electron chi connectivity index (χ0n) is 27.8. The third kappa shape index (κ3) is 4.89. The van der Waals surface area contributed by atoms with Crippen LogP contribution in [-0.4, -0.2) is 51.4 Å². The van der Waals surface area contributed by atoms with Crippen molar-refractivity contribution in [2.45, 2.75) is 10.6 Å². The monoisotopic (exact) mass is 614 g/mol. The highest BCUT2D eigenvalue weighted by molar-refractivity contribution is 6.53. The van der Waals surface area contributed by atoms with Crippen molar-refractivity contribution in [3.63, 3.8) is 0 Å². The van der Waals surface area contributed by atoms with Gasteiger partial charge in [-0.2, -0.15) is 0 Å². The molecular formula is C41H34B4N2O. The molecule has 1 aromatic heterocycles. The number of imidazole rings is 1. The lowest BCUT2D eigenvalue weighted by Gasteiger charge is -2.38. The number of fused-ring (bicyclic) bond motifs is 3. The largest absolute Gasteiger partial charge is 0.408 e. The molecular weight excluding hydrogens is 580 g/mol. The number of para-hydroxylation sites is 2. The first-order valence-electron chi connectivity index (χ1n) is 16.6. The summed E-state index contributed by atoms with van der Waals surface area (Å²) >= 11 is 0. The van der Waals surface area contributed by atoms with Gasteiger partial charge < -0.3 is 5.11 Å². The standard InChI is InChI=1S/C41H34B4N2O/c42-40(43,41(44,45)48)39-46-35-16-8-9-17-36(35)47(39)30-24-22-29(23-25-30)38-33-14-6-4-12-31(33)37(32-13-5-7-15-34(32)38)28-20-18-27(19-21-28)26-10-2-1-3-11-26/h1-25,48H,42-45H2. The third-order valence-electron chi connectivity index (χ3n) is 10.3. The van der Waals surface area contributed by atoms with Gasteiger partial charge in [-0.15, -0.1) is 0 Å². The van der Waals surface area contributed by atoms with E-state index in [1.54, 1.807) is 0 Å². The number of aromatic nitrogens is 2. The van der Waals surface area contributed by atoms with Gasteiger partial charge in [-0.05, 0) is 89.8 Å². The SMILES string of the molecule is BC(B)(O)C(B)(B)c1nc2ccccc2n1-c1ccc(-c2c3ccccc3c(-c3ccc(-c4ccccc4)cc3)c3ccccc23)cc1. The van der Waals surface area contributed by atoms with Gasteiger partial charge in [0.25, 0.3) is 0 Å². The minimum atomic E-state index is -0.979. The zero-order valence-corrected chi connectivity index (χ0v) is 27.8. The fourth-order valence-corrected chi connectivity index (χ4v) is 6.97. The Morgan fingerprint density at radius 1 is 0.458 bits per heavy atom. The summed E-state index contributed by atoms with van der Waals surface area (Å²) in [6.45, 7) is 0. The van der Waals surface area contributed by atoms with Gasteiger partial charge in [-0.1, -0.05) is 127 Å². The summed E-state index contributed by atoms with van der Waals surface area (Å²) < 4.78 is 2.20. The molecule has 0 atom stereocenters. The molecule has 0 saturated carbocycles. The van der Waals surface area contributed by atoms with Crippen molar-refractivity contribution in [1.29, 1.82) is 0 Å². The molecule has 7 heteroatoms. The van der Waals surface area contributed by atoms with Crippen molar-refractivity contribution in [3.05, 3.63) is 157 Å². The van der Waals surface area contributed by atoms with Gasteiger partial charge in [0.2, 0.25) is 0 Å². The molecule has 48 heavy (non-hydrogen) atoms. The molecule has 3 nitrogen and oxygen atoms in total. The van der Waals surface area contributed by atoms with Gasteiger partial charge in [0.05, 0.1) is 11.0 Å². The van der Waals surface area contributed by atoms with E-state index >= 15 is 0 Å². The number of hydrogen-bond acceptors (Lipinski definition) is 2. The Bertz CT molecular complexity index is 2390. The van der Waals surface area contributed by atoms with Crippen LogP contribution in [0.5, 0.6) is 0 Å². The van der Waals surface area contributed by atoms with Crippen molar-refractivity contribution in [2.75, 3.05) is 0 Å². The molecule has 8 aromatic rings. The average Bonchev–Trinajstić information content (AvgIpc) is 3.51. The van der Waals surface area contributed by atoms with Crippen LogP contribution in [0.2, 0.25) is 0 Å². The van der Waals surface area contributed by atoms with E-state index < -0.39 is 10.6 Å². The number of benzene rings is 7. The Morgan fingerprint density at radius 3 is 1.40 bits per heavy atom. The van der Waals surface area contributed by atoms with Crippen molar-refractivity contribution >= 4 is 64.0 Å². The normalized spacial score (nSPS) is 12.2. The summed E-state index contributed by atoms with van der Waals surface area (Å²) in [7, 11) is 7.84. The lowest BCUT2D eigenvalue weighted by atomic mass is 9.35. The van der Waals surface area contributed by atoms with E-state index in [1.807, 2.05) is 33.9 Å². The Balaban J connectivity index is 1.30. The molecule has 0 unspecified atom stereocenters. The van der Waals surface area contributed by atoms with Crippen LogP contribution in [0.4, 0.5) is 0 Å². The molecule has 0 amide bonds. The Labute approximate surface area is 284 Å². The summed E-state index contributed by atoms with van der Waals surface area (Å²) in [5.74, 6) is 0.836. The Morgan fingerprint density at radius 2 is 0.875 bits per heavy atom. The second kappa shape index (κ2) is 11.5. The second-order valence-corrected chi connectivity index (χ2v) is 13.8. The highest BCUT2D eigenvalue weighted by Gasteiger charge is 2.40. The van der Waals surface area contributed by atoms with Gasteiger partial charge in [-0.3, -0.25) is 4.57 Å². The number of nitrogens with zero attached hydrogens (tertiary/aromatic N) is 2. The first kappa shape index (κ1) is 30.1. The molecule has 8 rings (SSSR count). The minimum Gasteiger partial charge on any atom is -0.408 e. The molecule has 0 fully saturated rings. The van der Waals surface area contributed by atoms with Crippen LogP contribution in [0.15, 0.2) is 152 Å². The van der Waals surface area contributed by atoms with Crippen LogP contribution < -0.4 is 0 Å². The number of aliphatic hydroxyl groups is 1. The maximum atomic E-state index is 11.2. The highest BCUT2D eigenvalue weighted by atomic mass is 16.3. The molecule has 0 aliphatic rings. The predicted octanol–water partition coefficient (Wildman–Crippen LogP) is 5.66. The minimum absolute atomic E-state index is 0.605. The van der Waals surface area contributed by atoms with E-state index in [2.05, 4.69) is 154 Å². The molecule has 1 heterocycles. The third-order valence-corrected chi connectivity index (χ3v) is 10.3. The fourth-order valence-electron chi connectivity index (χ4n) is 6.97. The van der Waals surface area contributed by atoms with Crippen molar-refractivity contribution < 1.29 is 5.11 Å². The van der Waals surface area contributed by atoms with E-state index in [9.17, 15) is 5.11 Å². The summed E-state index contributed by atoms with van der Waals surface area (Å²) in [5, 5.41) is 14.5. The highest BCUT2D eigenvalue weighted by Crippen LogP contribution is 2.44. The molecule has 0 aliphatic heterocycles. The first-order chi connectivity index (χ1) is 23.2. The predicted molar refractivity (Wildman–Crippen MR) is 213 cm³/mol. The molecule has 0 radical (unpaired) electrons. The maximum absolute atomic E-state index is 11.2. The van der Waals surface area contributed by atoms with Crippen LogP contribution in [-0.2, 0) is 5.21 Å². The number of rotatable bonds is 6. The maximum Gasteiger partial charge on any atom is 0.131 e. The van der Waals surface area contributed by atoms with Gasteiger partial charge >= 0.3 is 0 Å². The quantitative estimate of drug-likeness (QED) is 0.194. The van der Waals surface area contributed by atoms with Crippen molar-refractivity contribution in [1.82, 2.24) is 9.55 Å². The lowest BCUT2D eigenvalue weighted by molar-refractivity contribution is 0.189. The molecule has 0 aliphatic carbocycles. The zero-order chi connectivity index (χ0) is 33.0. The van der Waals surface area contributed by atoms with E-state index in [-0.39, 0.29) is 0 Å². The summed E-state index contributed by atoms with van der Waals surface area (Å²) in [6.07, 6.45) is 0. The first-order valence-corrected chi connectivity index (χ1v) is 16.6.